The Morgan fingerprint density at radius 3 is 2.44 bits per heavy atom. The van der Waals surface area contributed by atoms with E-state index in [1.54, 1.807) is 19.2 Å². The summed E-state index contributed by atoms with van der Waals surface area (Å²) in [6.07, 6.45) is 3.19. The van der Waals surface area contributed by atoms with E-state index in [1.807, 2.05) is 30.3 Å². The molecule has 0 amide bonds. The molecule has 6 nitrogen and oxygen atoms in total. The zero-order valence-corrected chi connectivity index (χ0v) is 15.8. The average Bonchev–Trinajstić information content (AvgIpc) is 3.32. The van der Waals surface area contributed by atoms with Crippen LogP contribution in [-0.4, -0.2) is 36.3 Å². The molecule has 7 heteroatoms. The van der Waals surface area contributed by atoms with Crippen molar-refractivity contribution in [1.82, 2.24) is 8.87 Å². The van der Waals surface area contributed by atoms with Crippen LogP contribution in [0, 0.1) is 0 Å². The third-order valence-corrected chi connectivity index (χ3v) is 6.69. The molecule has 27 heavy (non-hydrogen) atoms. The lowest BCUT2D eigenvalue weighted by Gasteiger charge is -2.13. The molecule has 3 aromatic rings. The van der Waals surface area contributed by atoms with E-state index in [1.165, 1.54) is 21.1 Å². The van der Waals surface area contributed by atoms with Crippen molar-refractivity contribution in [3.8, 4) is 5.75 Å². The third kappa shape index (κ3) is 3.36. The molecular weight excluding hydrogens is 364 g/mol. The first kappa shape index (κ1) is 17.8. The highest BCUT2D eigenvalue weighted by Crippen LogP contribution is 2.24. The Hall–Kier alpha value is -2.64. The van der Waals surface area contributed by atoms with E-state index in [4.69, 9.17) is 4.74 Å². The van der Waals surface area contributed by atoms with E-state index in [0.717, 1.165) is 23.6 Å². The van der Waals surface area contributed by atoms with Gasteiger partial charge in [0.2, 0.25) is 10.0 Å². The highest BCUT2D eigenvalue weighted by molar-refractivity contribution is 7.89. The average molecular weight is 384 g/mol. The zero-order chi connectivity index (χ0) is 19.0. The van der Waals surface area contributed by atoms with E-state index in [-0.39, 0.29) is 10.6 Å². The summed E-state index contributed by atoms with van der Waals surface area (Å²) in [6.45, 7) is 1.04. The monoisotopic (exact) mass is 384 g/mol. The van der Waals surface area contributed by atoms with Gasteiger partial charge >= 0.3 is 5.97 Å². The Morgan fingerprint density at radius 1 is 1.00 bits per heavy atom. The number of esters is 1. The van der Waals surface area contributed by atoms with Crippen molar-refractivity contribution in [3.05, 3.63) is 60.4 Å². The summed E-state index contributed by atoms with van der Waals surface area (Å²) in [5.74, 6) is -0.167. The number of fused-ring (bicyclic) bond motifs is 1. The minimum atomic E-state index is -3.57. The van der Waals surface area contributed by atoms with Crippen molar-refractivity contribution in [2.45, 2.75) is 17.7 Å². The quantitative estimate of drug-likeness (QED) is 0.512. The second kappa shape index (κ2) is 6.83. The van der Waals surface area contributed by atoms with Crippen LogP contribution in [0.25, 0.3) is 10.8 Å². The van der Waals surface area contributed by atoms with E-state index in [9.17, 15) is 13.2 Å². The van der Waals surface area contributed by atoms with E-state index < -0.39 is 16.0 Å². The Morgan fingerprint density at radius 2 is 1.70 bits per heavy atom. The molecule has 1 aromatic heterocycles. The van der Waals surface area contributed by atoms with E-state index >= 15 is 0 Å². The zero-order valence-electron chi connectivity index (χ0n) is 15.0. The smallest absolute Gasteiger partial charge is 0.360 e. The number of aryl methyl sites for hydroxylation is 1. The first-order valence-corrected chi connectivity index (χ1v) is 10.3. The largest absolute Gasteiger partial charge is 0.422 e. The van der Waals surface area contributed by atoms with E-state index in [2.05, 4.69) is 0 Å². The molecule has 2 aromatic carbocycles. The van der Waals surface area contributed by atoms with Gasteiger partial charge in [0, 0.05) is 26.3 Å². The topological polar surface area (TPSA) is 68.6 Å². The molecule has 0 unspecified atom stereocenters. The molecule has 0 atom stereocenters. The first-order valence-electron chi connectivity index (χ1n) is 8.83. The van der Waals surface area contributed by atoms with Crippen LogP contribution in [0.15, 0.2) is 59.6 Å². The van der Waals surface area contributed by atoms with Gasteiger partial charge in [-0.25, -0.2) is 13.2 Å². The molecule has 2 heterocycles. The molecular formula is C20H20N2O4S. The van der Waals surface area contributed by atoms with Crippen molar-refractivity contribution in [2.24, 2.45) is 7.05 Å². The number of ether oxygens (including phenoxy) is 1. The second-order valence-corrected chi connectivity index (χ2v) is 8.62. The molecule has 1 aliphatic rings. The maximum atomic E-state index is 12.7. The van der Waals surface area contributed by atoms with Gasteiger partial charge in [0.25, 0.3) is 0 Å². The summed E-state index contributed by atoms with van der Waals surface area (Å²) in [4.78, 5) is 12.7. The SMILES string of the molecule is Cn1cc(S(=O)(=O)N2CCCC2)cc1C(=O)Oc1ccc2ccccc2c1. The van der Waals surface area contributed by atoms with Crippen molar-refractivity contribution in [2.75, 3.05) is 13.1 Å². The summed E-state index contributed by atoms with van der Waals surface area (Å²) in [6, 6.07) is 14.6. The van der Waals surface area contributed by atoms with Crippen molar-refractivity contribution < 1.29 is 17.9 Å². The predicted molar refractivity (Wildman–Crippen MR) is 102 cm³/mol. The molecule has 1 saturated heterocycles. The number of rotatable bonds is 4. The highest BCUT2D eigenvalue weighted by atomic mass is 32.2. The maximum Gasteiger partial charge on any atom is 0.360 e. The number of benzene rings is 2. The normalized spacial score (nSPS) is 15.3. The number of hydrogen-bond acceptors (Lipinski definition) is 4. The molecule has 140 valence electrons. The van der Waals surface area contributed by atoms with Crippen molar-refractivity contribution in [1.29, 1.82) is 0 Å². The van der Waals surface area contributed by atoms with Crippen LogP contribution in [0.5, 0.6) is 5.75 Å². The molecule has 0 saturated carbocycles. The minimum Gasteiger partial charge on any atom is -0.422 e. The molecule has 1 aliphatic heterocycles. The molecule has 4 rings (SSSR count). The molecule has 0 aliphatic carbocycles. The summed E-state index contributed by atoms with van der Waals surface area (Å²) < 4.78 is 33.8. The van der Waals surface area contributed by atoms with Gasteiger partial charge in [-0.05, 0) is 41.8 Å². The van der Waals surface area contributed by atoms with Gasteiger partial charge in [-0.15, -0.1) is 0 Å². The van der Waals surface area contributed by atoms with Crippen LogP contribution in [0.3, 0.4) is 0 Å². The number of carbonyl (C=O) groups is 1. The Balaban J connectivity index is 1.59. The van der Waals surface area contributed by atoms with Gasteiger partial charge in [0.1, 0.15) is 16.3 Å². The van der Waals surface area contributed by atoms with Gasteiger partial charge < -0.3 is 9.30 Å². The third-order valence-electron chi connectivity index (χ3n) is 4.82. The molecule has 0 bridgehead atoms. The van der Waals surface area contributed by atoms with Crippen LogP contribution < -0.4 is 4.74 Å². The Kier molecular flexibility index (Phi) is 4.49. The van der Waals surface area contributed by atoms with Crippen LogP contribution >= 0.6 is 0 Å². The molecule has 1 fully saturated rings. The van der Waals surface area contributed by atoms with Crippen molar-refractivity contribution >= 4 is 26.8 Å². The molecule has 0 spiro atoms. The number of sulfonamides is 1. The highest BCUT2D eigenvalue weighted by Gasteiger charge is 2.29. The predicted octanol–water partition coefficient (Wildman–Crippen LogP) is 3.18. The first-order chi connectivity index (χ1) is 12.9. The van der Waals surface area contributed by atoms with Crippen LogP contribution in [0.1, 0.15) is 23.3 Å². The fourth-order valence-electron chi connectivity index (χ4n) is 3.35. The fraction of sp³-hybridized carbons (Fsp3) is 0.250. The van der Waals surface area contributed by atoms with E-state index in [0.29, 0.717) is 18.8 Å². The van der Waals surface area contributed by atoms with Gasteiger partial charge in [-0.1, -0.05) is 30.3 Å². The summed E-state index contributed by atoms with van der Waals surface area (Å²) in [5.41, 5.74) is 0.195. The lowest BCUT2D eigenvalue weighted by Crippen LogP contribution is -2.27. The lowest BCUT2D eigenvalue weighted by atomic mass is 10.1. The van der Waals surface area contributed by atoms with Crippen LogP contribution in [-0.2, 0) is 17.1 Å². The number of nitrogens with zero attached hydrogens (tertiary/aromatic N) is 2. The van der Waals surface area contributed by atoms with Gasteiger partial charge in [0.05, 0.1) is 0 Å². The summed E-state index contributed by atoms with van der Waals surface area (Å²) in [7, 11) is -1.93. The maximum absolute atomic E-state index is 12.7. The van der Waals surface area contributed by atoms with Gasteiger partial charge in [0.15, 0.2) is 0 Å². The fourth-order valence-corrected chi connectivity index (χ4v) is 4.93. The summed E-state index contributed by atoms with van der Waals surface area (Å²) in [5, 5.41) is 2.02. The Labute approximate surface area is 158 Å². The number of hydrogen-bond donors (Lipinski definition) is 0. The summed E-state index contributed by atoms with van der Waals surface area (Å²) >= 11 is 0. The van der Waals surface area contributed by atoms with Crippen LogP contribution in [0.4, 0.5) is 0 Å². The van der Waals surface area contributed by atoms with Crippen LogP contribution in [0.2, 0.25) is 0 Å². The number of aromatic nitrogens is 1. The Bertz CT molecular complexity index is 1110. The number of carbonyl (C=O) groups excluding carboxylic acids is 1. The lowest BCUT2D eigenvalue weighted by molar-refractivity contribution is 0.0725. The molecule has 0 N–H and O–H groups in total. The van der Waals surface area contributed by atoms with Gasteiger partial charge in [-0.3, -0.25) is 0 Å². The minimum absolute atomic E-state index is 0.123. The molecule has 0 radical (unpaired) electrons. The van der Waals surface area contributed by atoms with Crippen molar-refractivity contribution in [3.63, 3.8) is 0 Å². The van der Waals surface area contributed by atoms with Gasteiger partial charge in [-0.2, -0.15) is 4.31 Å². The second-order valence-electron chi connectivity index (χ2n) is 6.68. The standard InChI is InChI=1S/C20H20N2O4S/c1-21-14-18(27(24,25)22-10-4-5-11-22)13-19(21)20(23)26-17-9-8-15-6-2-3-7-16(15)12-17/h2-3,6-9,12-14H,4-5,10-11H2,1H3.